The molecule has 1 unspecified atom stereocenters. The van der Waals surface area contributed by atoms with E-state index in [1.807, 2.05) is 79.0 Å². The van der Waals surface area contributed by atoms with Gasteiger partial charge in [-0.3, -0.25) is 14.7 Å². The van der Waals surface area contributed by atoms with E-state index in [4.69, 9.17) is 4.98 Å². The number of nitrogens with zero attached hydrogens (tertiary/aromatic N) is 4. The third kappa shape index (κ3) is 3.39. The molecule has 1 N–H and O–H groups in total. The first-order valence-corrected chi connectivity index (χ1v) is 9.76. The first-order chi connectivity index (χ1) is 14.8. The van der Waals surface area contributed by atoms with Gasteiger partial charge in [-0.25, -0.2) is 4.98 Å². The molecule has 5 rings (SSSR count). The minimum atomic E-state index is -0.308. The zero-order valence-corrected chi connectivity index (χ0v) is 16.1. The molecule has 0 saturated carbocycles. The Balaban J connectivity index is 1.59. The van der Waals surface area contributed by atoms with Crippen molar-refractivity contribution in [3.8, 4) is 0 Å². The van der Waals surface area contributed by atoms with Gasteiger partial charge in [-0.1, -0.05) is 36.4 Å². The number of nitrogens with one attached hydrogen (secondary N) is 1. The molecular weight excluding hydrogens is 374 g/mol. The number of rotatable bonds is 4. The van der Waals surface area contributed by atoms with Gasteiger partial charge in [0, 0.05) is 29.8 Å². The van der Waals surface area contributed by atoms with Crippen LogP contribution in [-0.2, 0) is 11.2 Å². The van der Waals surface area contributed by atoms with E-state index in [0.29, 0.717) is 18.2 Å². The molecule has 2 aromatic carbocycles. The standard InChI is InChI=1S/C24H19N5O/c30-23-21(17-11-13-25-14-12-17)15-18-16-26-24(27-19-7-3-1-4-8-19)28-22(18)29(23)20-9-5-2-6-10-20/h1-14,16,21H,15H2,(H,26,27,28). The lowest BCUT2D eigenvalue weighted by Crippen LogP contribution is -2.37. The van der Waals surface area contributed by atoms with Gasteiger partial charge in [0.2, 0.25) is 11.9 Å². The van der Waals surface area contributed by atoms with E-state index >= 15 is 0 Å². The molecule has 0 spiro atoms. The van der Waals surface area contributed by atoms with Crippen LogP contribution in [0.5, 0.6) is 0 Å². The van der Waals surface area contributed by atoms with Gasteiger partial charge in [-0.2, -0.15) is 4.98 Å². The largest absolute Gasteiger partial charge is 0.324 e. The van der Waals surface area contributed by atoms with Gasteiger partial charge in [0.25, 0.3) is 0 Å². The minimum Gasteiger partial charge on any atom is -0.324 e. The maximum atomic E-state index is 13.6. The molecule has 0 radical (unpaired) electrons. The molecule has 1 aliphatic rings. The van der Waals surface area contributed by atoms with Crippen LogP contribution in [0.2, 0.25) is 0 Å². The molecule has 6 heteroatoms. The summed E-state index contributed by atoms with van der Waals surface area (Å²) in [5, 5.41) is 3.22. The Morgan fingerprint density at radius 3 is 2.33 bits per heavy atom. The average Bonchev–Trinajstić information content (AvgIpc) is 2.80. The van der Waals surface area contributed by atoms with Crippen LogP contribution in [0.1, 0.15) is 17.0 Å². The van der Waals surface area contributed by atoms with E-state index in [2.05, 4.69) is 15.3 Å². The topological polar surface area (TPSA) is 71.0 Å². The third-order valence-corrected chi connectivity index (χ3v) is 5.15. The molecule has 0 saturated heterocycles. The van der Waals surface area contributed by atoms with Crippen molar-refractivity contribution in [1.29, 1.82) is 0 Å². The van der Waals surface area contributed by atoms with Crippen LogP contribution in [0, 0.1) is 0 Å². The predicted molar refractivity (Wildman–Crippen MR) is 116 cm³/mol. The first-order valence-electron chi connectivity index (χ1n) is 9.76. The number of amides is 1. The molecule has 3 heterocycles. The van der Waals surface area contributed by atoms with Crippen molar-refractivity contribution in [2.75, 3.05) is 10.2 Å². The normalized spacial score (nSPS) is 15.5. The van der Waals surface area contributed by atoms with Crippen LogP contribution in [0.25, 0.3) is 0 Å². The van der Waals surface area contributed by atoms with E-state index in [1.54, 1.807) is 17.3 Å². The Morgan fingerprint density at radius 1 is 0.900 bits per heavy atom. The predicted octanol–water partition coefficient (Wildman–Crippen LogP) is 4.62. The van der Waals surface area contributed by atoms with Crippen molar-refractivity contribution < 1.29 is 4.79 Å². The van der Waals surface area contributed by atoms with Gasteiger partial charge < -0.3 is 5.32 Å². The summed E-state index contributed by atoms with van der Waals surface area (Å²) in [6.45, 7) is 0. The summed E-state index contributed by atoms with van der Waals surface area (Å²) in [6, 6.07) is 23.1. The quantitative estimate of drug-likeness (QED) is 0.548. The van der Waals surface area contributed by atoms with E-state index < -0.39 is 0 Å². The fourth-order valence-corrected chi connectivity index (χ4v) is 3.70. The number of anilines is 4. The van der Waals surface area contributed by atoms with Crippen LogP contribution in [-0.4, -0.2) is 20.9 Å². The second-order valence-electron chi connectivity index (χ2n) is 7.08. The molecular formula is C24H19N5O. The molecule has 0 aliphatic carbocycles. The summed E-state index contributed by atoms with van der Waals surface area (Å²) in [5.74, 6) is 0.752. The number of aromatic nitrogens is 3. The summed E-state index contributed by atoms with van der Waals surface area (Å²) >= 11 is 0. The molecule has 1 atom stereocenters. The molecule has 146 valence electrons. The maximum absolute atomic E-state index is 13.6. The smallest absolute Gasteiger partial charge is 0.240 e. The lowest BCUT2D eigenvalue weighted by atomic mass is 9.88. The highest BCUT2D eigenvalue weighted by Crippen LogP contribution is 2.39. The van der Waals surface area contributed by atoms with Crippen LogP contribution in [0.4, 0.5) is 23.1 Å². The van der Waals surface area contributed by atoms with Gasteiger partial charge in [0.1, 0.15) is 5.82 Å². The number of pyridine rings is 1. The molecule has 0 fully saturated rings. The number of para-hydroxylation sites is 2. The van der Waals surface area contributed by atoms with Gasteiger partial charge in [0.15, 0.2) is 0 Å². The Labute approximate surface area is 174 Å². The first kappa shape index (κ1) is 18.0. The number of hydrogen-bond donors (Lipinski definition) is 1. The van der Waals surface area contributed by atoms with E-state index in [0.717, 1.165) is 22.5 Å². The van der Waals surface area contributed by atoms with Crippen LogP contribution < -0.4 is 10.2 Å². The Bertz CT molecular complexity index is 1170. The molecule has 0 bridgehead atoms. The monoisotopic (exact) mass is 393 g/mol. The molecule has 4 aromatic rings. The fourth-order valence-electron chi connectivity index (χ4n) is 3.70. The fraction of sp³-hybridized carbons (Fsp3) is 0.0833. The van der Waals surface area contributed by atoms with Gasteiger partial charge >= 0.3 is 0 Å². The van der Waals surface area contributed by atoms with Crippen LogP contribution in [0.15, 0.2) is 91.4 Å². The highest BCUT2D eigenvalue weighted by Gasteiger charge is 2.36. The molecule has 2 aromatic heterocycles. The summed E-state index contributed by atoms with van der Waals surface area (Å²) < 4.78 is 0. The van der Waals surface area contributed by atoms with Crippen molar-refractivity contribution >= 4 is 29.0 Å². The SMILES string of the molecule is O=C1C(c2ccncc2)Cc2cnc(Nc3ccccc3)nc2N1c1ccccc1. The zero-order valence-electron chi connectivity index (χ0n) is 16.1. The van der Waals surface area contributed by atoms with Crippen molar-refractivity contribution in [2.24, 2.45) is 0 Å². The van der Waals surface area contributed by atoms with Crippen molar-refractivity contribution in [2.45, 2.75) is 12.3 Å². The number of benzene rings is 2. The van der Waals surface area contributed by atoms with Crippen molar-refractivity contribution in [1.82, 2.24) is 15.0 Å². The summed E-state index contributed by atoms with van der Waals surface area (Å²) in [7, 11) is 0. The second kappa shape index (κ2) is 7.75. The minimum absolute atomic E-state index is 0.00994. The Kier molecular flexibility index (Phi) is 4.65. The summed E-state index contributed by atoms with van der Waals surface area (Å²) in [4.78, 5) is 28.6. The lowest BCUT2D eigenvalue weighted by molar-refractivity contribution is -0.119. The number of fused-ring (bicyclic) bond motifs is 1. The van der Waals surface area contributed by atoms with Crippen LogP contribution in [0.3, 0.4) is 0 Å². The molecule has 1 aliphatic heterocycles. The van der Waals surface area contributed by atoms with Gasteiger partial charge in [-0.15, -0.1) is 0 Å². The van der Waals surface area contributed by atoms with E-state index in [9.17, 15) is 4.79 Å². The lowest BCUT2D eigenvalue weighted by Gasteiger charge is -2.33. The highest BCUT2D eigenvalue weighted by atomic mass is 16.2. The number of carbonyl (C=O) groups excluding carboxylic acids is 1. The van der Waals surface area contributed by atoms with Gasteiger partial charge in [0.05, 0.1) is 11.6 Å². The third-order valence-electron chi connectivity index (χ3n) is 5.15. The van der Waals surface area contributed by atoms with Crippen molar-refractivity contribution in [3.05, 3.63) is 103 Å². The van der Waals surface area contributed by atoms with Gasteiger partial charge in [-0.05, 0) is 48.4 Å². The van der Waals surface area contributed by atoms with E-state index in [1.165, 1.54) is 0 Å². The van der Waals surface area contributed by atoms with Crippen molar-refractivity contribution in [3.63, 3.8) is 0 Å². The zero-order chi connectivity index (χ0) is 20.3. The second-order valence-corrected chi connectivity index (χ2v) is 7.08. The Hall–Kier alpha value is -4.06. The number of hydrogen-bond acceptors (Lipinski definition) is 5. The molecule has 30 heavy (non-hydrogen) atoms. The Morgan fingerprint density at radius 2 is 1.60 bits per heavy atom. The number of carbonyl (C=O) groups is 1. The van der Waals surface area contributed by atoms with Crippen LogP contribution >= 0.6 is 0 Å². The molecule has 6 nitrogen and oxygen atoms in total. The summed E-state index contributed by atoms with van der Waals surface area (Å²) in [5.41, 5.74) is 3.54. The maximum Gasteiger partial charge on any atom is 0.240 e. The highest BCUT2D eigenvalue weighted by molar-refractivity contribution is 6.06. The summed E-state index contributed by atoms with van der Waals surface area (Å²) in [6.07, 6.45) is 5.79. The van der Waals surface area contributed by atoms with E-state index in [-0.39, 0.29) is 11.8 Å². The molecule has 1 amide bonds. The average molecular weight is 393 g/mol.